The van der Waals surface area contributed by atoms with Crippen LogP contribution in [0.1, 0.15) is 34.9 Å². The molecule has 0 saturated carbocycles. The molecule has 94 valence electrons. The minimum Gasteiger partial charge on any atom is -0.478 e. The molecule has 2 heterocycles. The van der Waals surface area contributed by atoms with Crippen molar-refractivity contribution in [1.29, 1.82) is 0 Å². The predicted octanol–water partition coefficient (Wildman–Crippen LogP) is 2.16. The fourth-order valence-electron chi connectivity index (χ4n) is 2.39. The number of carbonyl (C=O) groups is 1. The molecule has 3 rings (SSSR count). The van der Waals surface area contributed by atoms with Crippen LogP contribution in [0.3, 0.4) is 0 Å². The number of imidazole rings is 1. The quantitative estimate of drug-likeness (QED) is 0.851. The summed E-state index contributed by atoms with van der Waals surface area (Å²) in [7, 11) is 0. The highest BCUT2D eigenvalue weighted by Crippen LogP contribution is 2.27. The fraction of sp³-hybridized carbons (Fsp3) is 0.385. The zero-order valence-electron chi connectivity index (χ0n) is 9.85. The number of fused-ring (bicyclic) bond motifs is 1. The van der Waals surface area contributed by atoms with Crippen LogP contribution in [0.4, 0.5) is 0 Å². The van der Waals surface area contributed by atoms with E-state index >= 15 is 0 Å². The lowest BCUT2D eigenvalue weighted by molar-refractivity contribution is 0.0698. The maximum atomic E-state index is 11.1. The third-order valence-electron chi connectivity index (χ3n) is 3.37. The van der Waals surface area contributed by atoms with E-state index < -0.39 is 5.97 Å². The third kappa shape index (κ3) is 1.86. The number of hydrogen-bond donors (Lipinski definition) is 2. The molecule has 0 atom stereocenters. The van der Waals surface area contributed by atoms with Gasteiger partial charge < -0.3 is 14.8 Å². The summed E-state index contributed by atoms with van der Waals surface area (Å²) in [4.78, 5) is 18.8. The summed E-state index contributed by atoms with van der Waals surface area (Å²) in [5.74, 6) is 0.278. The number of aromatic carboxylic acids is 1. The zero-order valence-corrected chi connectivity index (χ0v) is 9.85. The van der Waals surface area contributed by atoms with E-state index in [0.29, 0.717) is 11.4 Å². The second kappa shape index (κ2) is 4.42. The summed E-state index contributed by atoms with van der Waals surface area (Å²) in [6.45, 7) is 1.49. The SMILES string of the molecule is O=C(O)c1cccc2[nH]c(C3CCOCC3)nc12. The van der Waals surface area contributed by atoms with E-state index in [0.717, 1.165) is 37.4 Å². The number of hydrogen-bond acceptors (Lipinski definition) is 3. The molecule has 0 aliphatic carbocycles. The van der Waals surface area contributed by atoms with Crippen LogP contribution in [0, 0.1) is 0 Å². The minimum atomic E-state index is -0.939. The summed E-state index contributed by atoms with van der Waals surface area (Å²) in [5, 5.41) is 9.13. The lowest BCUT2D eigenvalue weighted by Gasteiger charge is -2.19. The summed E-state index contributed by atoms with van der Waals surface area (Å²) in [6, 6.07) is 5.18. The van der Waals surface area contributed by atoms with Gasteiger partial charge in [-0.1, -0.05) is 6.07 Å². The average Bonchev–Trinajstić information content (AvgIpc) is 2.83. The number of carboxylic acid groups (broad SMARTS) is 1. The Hall–Kier alpha value is -1.88. The van der Waals surface area contributed by atoms with Gasteiger partial charge in [0.25, 0.3) is 0 Å². The number of para-hydroxylation sites is 1. The van der Waals surface area contributed by atoms with E-state index in [-0.39, 0.29) is 5.56 Å². The number of benzene rings is 1. The second-order valence-electron chi connectivity index (χ2n) is 4.52. The van der Waals surface area contributed by atoms with E-state index in [2.05, 4.69) is 9.97 Å². The van der Waals surface area contributed by atoms with Crippen LogP contribution < -0.4 is 0 Å². The van der Waals surface area contributed by atoms with Crippen LogP contribution in [0.5, 0.6) is 0 Å². The van der Waals surface area contributed by atoms with Crippen molar-refractivity contribution in [2.75, 3.05) is 13.2 Å². The van der Waals surface area contributed by atoms with E-state index in [9.17, 15) is 4.79 Å². The van der Waals surface area contributed by atoms with E-state index in [1.807, 2.05) is 6.07 Å². The number of aromatic amines is 1. The zero-order chi connectivity index (χ0) is 12.5. The molecule has 18 heavy (non-hydrogen) atoms. The van der Waals surface area contributed by atoms with Crippen molar-refractivity contribution in [3.63, 3.8) is 0 Å². The van der Waals surface area contributed by atoms with E-state index in [1.165, 1.54) is 0 Å². The smallest absolute Gasteiger partial charge is 0.337 e. The summed E-state index contributed by atoms with van der Waals surface area (Å²) >= 11 is 0. The Morgan fingerprint density at radius 2 is 2.17 bits per heavy atom. The van der Waals surface area contributed by atoms with Crippen molar-refractivity contribution in [3.05, 3.63) is 29.6 Å². The number of ether oxygens (including phenoxy) is 1. The number of nitrogens with zero attached hydrogens (tertiary/aromatic N) is 1. The normalized spacial score (nSPS) is 17.1. The monoisotopic (exact) mass is 246 g/mol. The van der Waals surface area contributed by atoms with Gasteiger partial charge in [-0.3, -0.25) is 0 Å². The van der Waals surface area contributed by atoms with Crippen LogP contribution in [-0.4, -0.2) is 34.3 Å². The first-order valence-corrected chi connectivity index (χ1v) is 6.05. The number of carboxylic acids is 1. The predicted molar refractivity (Wildman–Crippen MR) is 65.8 cm³/mol. The van der Waals surface area contributed by atoms with Crippen molar-refractivity contribution >= 4 is 17.0 Å². The Balaban J connectivity index is 2.04. The molecule has 1 fully saturated rings. The summed E-state index contributed by atoms with van der Waals surface area (Å²) < 4.78 is 5.32. The van der Waals surface area contributed by atoms with Gasteiger partial charge in [0.2, 0.25) is 0 Å². The molecule has 2 aromatic rings. The largest absolute Gasteiger partial charge is 0.478 e. The van der Waals surface area contributed by atoms with Crippen molar-refractivity contribution < 1.29 is 14.6 Å². The van der Waals surface area contributed by atoms with Gasteiger partial charge in [-0.2, -0.15) is 0 Å². The molecule has 1 aliphatic heterocycles. The Bertz CT molecular complexity index is 585. The van der Waals surface area contributed by atoms with Crippen molar-refractivity contribution in [3.8, 4) is 0 Å². The second-order valence-corrected chi connectivity index (χ2v) is 4.52. The van der Waals surface area contributed by atoms with Gasteiger partial charge in [0.05, 0.1) is 11.1 Å². The molecule has 1 aliphatic rings. The number of rotatable bonds is 2. The van der Waals surface area contributed by atoms with Crippen LogP contribution in [-0.2, 0) is 4.74 Å². The van der Waals surface area contributed by atoms with Gasteiger partial charge in [-0.25, -0.2) is 9.78 Å². The van der Waals surface area contributed by atoms with Crippen LogP contribution in [0.25, 0.3) is 11.0 Å². The Morgan fingerprint density at radius 3 is 2.89 bits per heavy atom. The topological polar surface area (TPSA) is 75.2 Å². The molecule has 1 aromatic heterocycles. The molecule has 5 heteroatoms. The van der Waals surface area contributed by atoms with Crippen molar-refractivity contribution in [1.82, 2.24) is 9.97 Å². The maximum absolute atomic E-state index is 11.1. The molecule has 0 spiro atoms. The number of aromatic nitrogens is 2. The molecular formula is C13H14N2O3. The van der Waals surface area contributed by atoms with E-state index in [1.54, 1.807) is 12.1 Å². The van der Waals surface area contributed by atoms with Crippen LogP contribution >= 0.6 is 0 Å². The highest BCUT2D eigenvalue weighted by atomic mass is 16.5. The molecule has 0 amide bonds. The fourth-order valence-corrected chi connectivity index (χ4v) is 2.39. The number of H-pyrrole nitrogens is 1. The number of nitrogens with one attached hydrogen (secondary N) is 1. The molecule has 0 unspecified atom stereocenters. The van der Waals surface area contributed by atoms with Gasteiger partial charge in [0.15, 0.2) is 0 Å². The molecular weight excluding hydrogens is 232 g/mol. The lowest BCUT2D eigenvalue weighted by Crippen LogP contribution is -2.15. The van der Waals surface area contributed by atoms with Gasteiger partial charge in [0, 0.05) is 19.1 Å². The summed E-state index contributed by atoms with van der Waals surface area (Å²) in [5.41, 5.74) is 1.59. The third-order valence-corrected chi connectivity index (χ3v) is 3.37. The van der Waals surface area contributed by atoms with Crippen LogP contribution in [0.2, 0.25) is 0 Å². The van der Waals surface area contributed by atoms with E-state index in [4.69, 9.17) is 9.84 Å². The van der Waals surface area contributed by atoms with Crippen molar-refractivity contribution in [2.45, 2.75) is 18.8 Å². The Labute approximate surface area is 104 Å². The Kier molecular flexibility index (Phi) is 2.76. The molecule has 2 N–H and O–H groups in total. The highest BCUT2D eigenvalue weighted by molar-refractivity contribution is 6.00. The molecule has 1 saturated heterocycles. The molecule has 0 radical (unpaired) electrons. The minimum absolute atomic E-state index is 0.252. The molecule has 1 aromatic carbocycles. The first-order valence-electron chi connectivity index (χ1n) is 6.05. The first kappa shape index (κ1) is 11.2. The van der Waals surface area contributed by atoms with Gasteiger partial charge in [0.1, 0.15) is 11.3 Å². The first-order chi connectivity index (χ1) is 8.75. The highest BCUT2D eigenvalue weighted by Gasteiger charge is 2.20. The maximum Gasteiger partial charge on any atom is 0.337 e. The lowest BCUT2D eigenvalue weighted by atomic mass is 10.00. The van der Waals surface area contributed by atoms with Crippen LogP contribution in [0.15, 0.2) is 18.2 Å². The van der Waals surface area contributed by atoms with Gasteiger partial charge in [-0.05, 0) is 25.0 Å². The molecule has 5 nitrogen and oxygen atoms in total. The van der Waals surface area contributed by atoms with Gasteiger partial charge >= 0.3 is 5.97 Å². The molecule has 0 bridgehead atoms. The standard InChI is InChI=1S/C13H14N2O3/c16-13(17)9-2-1-3-10-11(9)15-12(14-10)8-4-6-18-7-5-8/h1-3,8H,4-7H2,(H,14,15)(H,16,17). The van der Waals surface area contributed by atoms with Crippen molar-refractivity contribution in [2.24, 2.45) is 0 Å². The summed E-state index contributed by atoms with van der Waals surface area (Å²) in [6.07, 6.45) is 1.87. The van der Waals surface area contributed by atoms with Gasteiger partial charge in [-0.15, -0.1) is 0 Å². The Morgan fingerprint density at radius 1 is 1.39 bits per heavy atom. The average molecular weight is 246 g/mol.